The third-order valence-corrected chi connectivity index (χ3v) is 12.5. The van der Waals surface area contributed by atoms with Gasteiger partial charge in [-0.3, -0.25) is 0 Å². The minimum atomic E-state index is 1.09. The highest BCUT2D eigenvalue weighted by Crippen LogP contribution is 2.49. The maximum absolute atomic E-state index is 2.47. The summed E-state index contributed by atoms with van der Waals surface area (Å²) in [5, 5.41) is 9.84. The highest BCUT2D eigenvalue weighted by Gasteiger charge is 2.24. The molecule has 2 heteroatoms. The maximum atomic E-state index is 2.47. The summed E-state index contributed by atoms with van der Waals surface area (Å²) in [5.74, 6) is 0. The van der Waals surface area contributed by atoms with Gasteiger partial charge in [0.05, 0.1) is 16.7 Å². The molecule has 0 saturated carbocycles. The predicted octanol–water partition coefficient (Wildman–Crippen LogP) is 16.7. The zero-order chi connectivity index (χ0) is 41.0. The van der Waals surface area contributed by atoms with Gasteiger partial charge in [-0.05, 0) is 120 Å². The van der Waals surface area contributed by atoms with Crippen LogP contribution >= 0.6 is 0 Å². The van der Waals surface area contributed by atoms with Gasteiger partial charge in [0.25, 0.3) is 0 Å². The van der Waals surface area contributed by atoms with E-state index in [0.29, 0.717) is 0 Å². The number of anilines is 3. The third kappa shape index (κ3) is 5.80. The molecular formula is C60H40N2. The van der Waals surface area contributed by atoms with Crippen molar-refractivity contribution in [3.05, 3.63) is 243 Å². The summed E-state index contributed by atoms with van der Waals surface area (Å²) in [6, 6.07) is 88.5. The summed E-state index contributed by atoms with van der Waals surface area (Å²) < 4.78 is 2.40. The van der Waals surface area contributed by atoms with Gasteiger partial charge in [0.15, 0.2) is 0 Å². The molecule has 0 aliphatic heterocycles. The van der Waals surface area contributed by atoms with Gasteiger partial charge in [-0.15, -0.1) is 0 Å². The minimum Gasteiger partial charge on any atom is -0.310 e. The van der Waals surface area contributed by atoms with E-state index in [1.165, 1.54) is 82.0 Å². The van der Waals surface area contributed by atoms with Crippen LogP contribution in [-0.2, 0) is 0 Å². The molecule has 2 nitrogen and oxygen atoms in total. The van der Waals surface area contributed by atoms with Gasteiger partial charge in [-0.2, -0.15) is 0 Å². The Labute approximate surface area is 360 Å². The quantitative estimate of drug-likeness (QED) is 0.146. The van der Waals surface area contributed by atoms with Crippen molar-refractivity contribution < 1.29 is 0 Å². The Morgan fingerprint density at radius 2 is 0.839 bits per heavy atom. The lowest BCUT2D eigenvalue weighted by molar-refractivity contribution is 1.18. The average Bonchev–Trinajstić information content (AvgIpc) is 3.69. The van der Waals surface area contributed by atoms with E-state index in [1.807, 2.05) is 0 Å². The molecule has 12 aromatic rings. The summed E-state index contributed by atoms with van der Waals surface area (Å²) in [7, 11) is 0. The lowest BCUT2D eigenvalue weighted by Crippen LogP contribution is -2.10. The first kappa shape index (κ1) is 35.7. The Hall–Kier alpha value is -8.20. The standard InChI is InChI=1S/C60H40N2/c1-4-19-43(20-5-1)58-52-28-13-12-27-50(52)51-39-38-47(40-54(51)59(58)44-21-6-2-7-22-44)61(46-36-34-42(35-37-46)49-30-16-23-41-18-10-11-26-48(41)49)56-32-17-33-57-60(56)53-29-14-15-31-55(53)62(57)45-24-8-3-9-25-45/h1-40H. The molecule has 0 amide bonds. The van der Waals surface area contributed by atoms with Crippen LogP contribution in [0.15, 0.2) is 243 Å². The first-order chi connectivity index (χ1) is 30.8. The molecule has 0 bridgehead atoms. The van der Waals surface area contributed by atoms with Crippen molar-refractivity contribution in [2.24, 2.45) is 0 Å². The molecule has 0 aliphatic rings. The van der Waals surface area contributed by atoms with E-state index in [2.05, 4.69) is 252 Å². The van der Waals surface area contributed by atoms with E-state index in [1.54, 1.807) is 0 Å². The van der Waals surface area contributed by atoms with Crippen LogP contribution in [0.5, 0.6) is 0 Å². The zero-order valence-corrected chi connectivity index (χ0v) is 34.0. The number of benzene rings is 11. The van der Waals surface area contributed by atoms with Crippen LogP contribution in [0.1, 0.15) is 0 Å². The highest BCUT2D eigenvalue weighted by atomic mass is 15.1. The predicted molar refractivity (Wildman–Crippen MR) is 264 cm³/mol. The van der Waals surface area contributed by atoms with Crippen LogP contribution in [0.2, 0.25) is 0 Å². The molecular weight excluding hydrogens is 749 g/mol. The van der Waals surface area contributed by atoms with Crippen LogP contribution < -0.4 is 4.90 Å². The van der Waals surface area contributed by atoms with Gasteiger partial charge in [-0.25, -0.2) is 0 Å². The molecule has 0 saturated heterocycles. The largest absolute Gasteiger partial charge is 0.310 e. The van der Waals surface area contributed by atoms with Gasteiger partial charge in [-0.1, -0.05) is 188 Å². The van der Waals surface area contributed by atoms with Gasteiger partial charge in [0, 0.05) is 27.8 Å². The van der Waals surface area contributed by atoms with Gasteiger partial charge in [0.1, 0.15) is 0 Å². The molecule has 12 rings (SSSR count). The summed E-state index contributed by atoms with van der Waals surface area (Å²) in [6.07, 6.45) is 0. The van der Waals surface area contributed by atoms with E-state index >= 15 is 0 Å². The molecule has 11 aromatic carbocycles. The van der Waals surface area contributed by atoms with Crippen LogP contribution in [0.3, 0.4) is 0 Å². The fourth-order valence-electron chi connectivity index (χ4n) is 9.86. The van der Waals surface area contributed by atoms with Gasteiger partial charge >= 0.3 is 0 Å². The van der Waals surface area contributed by atoms with Crippen LogP contribution in [0.4, 0.5) is 17.1 Å². The molecule has 62 heavy (non-hydrogen) atoms. The Morgan fingerprint density at radius 3 is 1.58 bits per heavy atom. The van der Waals surface area contributed by atoms with Crippen molar-refractivity contribution in [1.29, 1.82) is 0 Å². The molecule has 290 valence electrons. The number of hydrogen-bond donors (Lipinski definition) is 0. The SMILES string of the molecule is c1ccc(-c2c(-c3ccccc3)c3cc(N(c4ccc(-c5cccc6ccccc56)cc4)c4cccc5c4c4ccccc4n5-c4ccccc4)ccc3c3ccccc23)cc1. The molecule has 0 radical (unpaired) electrons. The van der Waals surface area contributed by atoms with Crippen molar-refractivity contribution >= 4 is 71.2 Å². The van der Waals surface area contributed by atoms with E-state index in [0.717, 1.165) is 28.3 Å². The van der Waals surface area contributed by atoms with E-state index in [-0.39, 0.29) is 0 Å². The first-order valence-electron chi connectivity index (χ1n) is 21.4. The normalized spacial score (nSPS) is 11.5. The summed E-state index contributed by atoms with van der Waals surface area (Å²) in [4.78, 5) is 2.47. The van der Waals surface area contributed by atoms with E-state index in [9.17, 15) is 0 Å². The first-order valence-corrected chi connectivity index (χ1v) is 21.4. The van der Waals surface area contributed by atoms with Gasteiger partial charge < -0.3 is 9.47 Å². The van der Waals surface area contributed by atoms with Crippen LogP contribution in [0.25, 0.3) is 93.2 Å². The minimum absolute atomic E-state index is 1.09. The maximum Gasteiger partial charge on any atom is 0.0562 e. The van der Waals surface area contributed by atoms with Crippen molar-refractivity contribution in [2.75, 3.05) is 4.90 Å². The van der Waals surface area contributed by atoms with Crippen molar-refractivity contribution in [1.82, 2.24) is 4.57 Å². The summed E-state index contributed by atoms with van der Waals surface area (Å²) >= 11 is 0. The van der Waals surface area contributed by atoms with Crippen molar-refractivity contribution in [3.8, 4) is 39.1 Å². The lowest BCUT2D eigenvalue weighted by Gasteiger charge is -2.28. The molecule has 0 N–H and O–H groups in total. The fraction of sp³-hybridized carbons (Fsp3) is 0. The van der Waals surface area contributed by atoms with Gasteiger partial charge in [0.2, 0.25) is 0 Å². The van der Waals surface area contributed by atoms with Crippen molar-refractivity contribution in [2.45, 2.75) is 0 Å². The third-order valence-electron chi connectivity index (χ3n) is 12.5. The fourth-order valence-corrected chi connectivity index (χ4v) is 9.86. The highest BCUT2D eigenvalue weighted by molar-refractivity contribution is 6.23. The van der Waals surface area contributed by atoms with Crippen LogP contribution in [-0.4, -0.2) is 4.57 Å². The molecule has 1 aromatic heterocycles. The molecule has 0 aliphatic carbocycles. The summed E-state index contributed by atoms with van der Waals surface area (Å²) in [6.45, 7) is 0. The Balaban J connectivity index is 1.16. The number of fused-ring (bicyclic) bond motifs is 7. The Kier molecular flexibility index (Phi) is 8.53. The Morgan fingerprint density at radius 1 is 0.306 bits per heavy atom. The average molecular weight is 789 g/mol. The Bertz CT molecular complexity index is 3600. The number of nitrogens with zero attached hydrogens (tertiary/aromatic N) is 2. The molecule has 0 atom stereocenters. The van der Waals surface area contributed by atoms with Crippen molar-refractivity contribution in [3.63, 3.8) is 0 Å². The second-order valence-corrected chi connectivity index (χ2v) is 16.0. The smallest absolute Gasteiger partial charge is 0.0562 e. The molecule has 0 spiro atoms. The number of hydrogen-bond acceptors (Lipinski definition) is 1. The second kappa shape index (κ2) is 14.8. The monoisotopic (exact) mass is 788 g/mol. The topological polar surface area (TPSA) is 8.17 Å². The summed E-state index contributed by atoms with van der Waals surface area (Å²) in [5.41, 5.74) is 14.1. The number of para-hydroxylation sites is 2. The zero-order valence-electron chi connectivity index (χ0n) is 34.0. The number of aromatic nitrogens is 1. The lowest BCUT2D eigenvalue weighted by atomic mass is 9.85. The van der Waals surface area contributed by atoms with E-state index in [4.69, 9.17) is 0 Å². The van der Waals surface area contributed by atoms with Crippen LogP contribution in [0, 0.1) is 0 Å². The molecule has 1 heterocycles. The molecule has 0 fully saturated rings. The second-order valence-electron chi connectivity index (χ2n) is 16.0. The molecule has 0 unspecified atom stereocenters. The number of rotatable bonds is 7. The van der Waals surface area contributed by atoms with E-state index < -0.39 is 0 Å².